The van der Waals surface area contributed by atoms with Crippen LogP contribution in [-0.4, -0.2) is 77.9 Å². The van der Waals surface area contributed by atoms with Crippen LogP contribution in [0.5, 0.6) is 0 Å². The van der Waals surface area contributed by atoms with Crippen LogP contribution in [-0.2, 0) is 20.7 Å². The molecule has 39 heavy (non-hydrogen) atoms. The van der Waals surface area contributed by atoms with Crippen molar-refractivity contribution in [3.8, 4) is 6.07 Å². The van der Waals surface area contributed by atoms with E-state index in [2.05, 4.69) is 16.3 Å². The fraction of sp³-hybridized carbons (Fsp3) is 0.700. The summed E-state index contributed by atoms with van der Waals surface area (Å²) in [6.07, 6.45) is 5.12. The van der Waals surface area contributed by atoms with Gasteiger partial charge in [-0.2, -0.15) is 5.26 Å². The SMILES string of the molecule is CC(C)(C)OC(=O)N1[C@@H]2CC[C@@H](C2)[C@H]1C(=O)N[C@H](C#N)Cc1ccc(C2CCN(C3CCOC3)CC2)cc1F. The summed E-state index contributed by atoms with van der Waals surface area (Å²) in [7, 11) is 0. The van der Waals surface area contributed by atoms with E-state index in [9.17, 15) is 14.9 Å². The minimum atomic E-state index is -0.894. The first-order valence-corrected chi connectivity index (χ1v) is 14.4. The van der Waals surface area contributed by atoms with Crippen molar-refractivity contribution < 1.29 is 23.5 Å². The second-order valence-corrected chi connectivity index (χ2v) is 12.6. The molecule has 1 saturated carbocycles. The van der Waals surface area contributed by atoms with E-state index in [1.54, 1.807) is 37.8 Å². The first-order chi connectivity index (χ1) is 18.6. The summed E-state index contributed by atoms with van der Waals surface area (Å²) in [5.41, 5.74) is 0.731. The minimum absolute atomic E-state index is 0.0236. The Morgan fingerprint density at radius 3 is 2.59 bits per heavy atom. The predicted molar refractivity (Wildman–Crippen MR) is 143 cm³/mol. The van der Waals surface area contributed by atoms with Crippen LogP contribution in [0.3, 0.4) is 0 Å². The Hall–Kier alpha value is -2.70. The minimum Gasteiger partial charge on any atom is -0.444 e. The zero-order chi connectivity index (χ0) is 27.7. The van der Waals surface area contributed by atoms with Crippen molar-refractivity contribution in [2.75, 3.05) is 26.3 Å². The van der Waals surface area contributed by atoms with Crippen molar-refractivity contribution in [2.24, 2.45) is 5.92 Å². The number of ether oxygens (including phenoxy) is 2. The average molecular weight is 541 g/mol. The van der Waals surface area contributed by atoms with Gasteiger partial charge in [0, 0.05) is 25.1 Å². The molecule has 4 fully saturated rings. The fourth-order valence-corrected chi connectivity index (χ4v) is 6.90. The summed E-state index contributed by atoms with van der Waals surface area (Å²) < 4.78 is 26.3. The van der Waals surface area contributed by atoms with E-state index >= 15 is 4.39 Å². The highest BCUT2D eigenvalue weighted by atomic mass is 19.1. The Labute approximate surface area is 230 Å². The smallest absolute Gasteiger partial charge is 0.411 e. The van der Waals surface area contributed by atoms with E-state index < -0.39 is 23.8 Å². The lowest BCUT2D eigenvalue weighted by molar-refractivity contribution is -0.128. The largest absolute Gasteiger partial charge is 0.444 e. The van der Waals surface area contributed by atoms with Crippen LogP contribution < -0.4 is 5.32 Å². The van der Waals surface area contributed by atoms with Gasteiger partial charge >= 0.3 is 6.09 Å². The molecule has 2 amide bonds. The molecule has 5 rings (SSSR count). The van der Waals surface area contributed by atoms with Crippen molar-refractivity contribution in [1.82, 2.24) is 15.1 Å². The molecule has 1 aromatic rings. The molecular weight excluding hydrogens is 499 g/mol. The zero-order valence-electron chi connectivity index (χ0n) is 23.3. The Bertz CT molecular complexity index is 1100. The number of nitriles is 1. The molecule has 1 aliphatic carbocycles. The summed E-state index contributed by atoms with van der Waals surface area (Å²) in [6, 6.07) is 6.37. The number of likely N-dealkylation sites (tertiary alicyclic amines) is 2. The van der Waals surface area contributed by atoms with E-state index in [-0.39, 0.29) is 30.1 Å². The maximum Gasteiger partial charge on any atom is 0.411 e. The van der Waals surface area contributed by atoms with Crippen molar-refractivity contribution in [1.29, 1.82) is 5.26 Å². The fourth-order valence-electron chi connectivity index (χ4n) is 6.90. The van der Waals surface area contributed by atoms with Gasteiger partial charge in [-0.05, 0) is 101 Å². The maximum absolute atomic E-state index is 15.2. The number of nitrogens with zero attached hydrogens (tertiary/aromatic N) is 3. The number of carbonyl (C=O) groups excluding carboxylic acids is 2. The molecule has 9 heteroatoms. The molecule has 1 aromatic carbocycles. The lowest BCUT2D eigenvalue weighted by Gasteiger charge is -2.36. The van der Waals surface area contributed by atoms with E-state index in [1.807, 2.05) is 6.07 Å². The molecule has 0 radical (unpaired) electrons. The number of piperidine rings is 2. The standard InChI is InChI=1S/C30H41FN4O4/c1-30(2,3)39-29(37)35-24-7-6-22(15-24)27(35)28(36)33-23(17-32)14-21-5-4-20(16-26(21)31)19-8-11-34(12-9-19)25-10-13-38-18-25/h4-5,16,19,22-25,27H,6-15,18H2,1-3H3,(H,33,36)/t22-,23-,24+,25?,27-/m0/s1. The molecule has 212 valence electrons. The molecule has 3 aliphatic heterocycles. The molecule has 3 saturated heterocycles. The molecule has 2 bridgehead atoms. The van der Waals surface area contributed by atoms with Gasteiger partial charge < -0.3 is 14.8 Å². The molecule has 4 aliphatic rings. The van der Waals surface area contributed by atoms with Gasteiger partial charge in [0.15, 0.2) is 0 Å². The number of hydrogen-bond acceptors (Lipinski definition) is 6. The van der Waals surface area contributed by atoms with Gasteiger partial charge in [0.2, 0.25) is 5.91 Å². The van der Waals surface area contributed by atoms with Gasteiger partial charge in [-0.1, -0.05) is 12.1 Å². The van der Waals surface area contributed by atoms with Gasteiger partial charge in [0.05, 0.1) is 12.7 Å². The Kier molecular flexibility index (Phi) is 8.16. The molecule has 1 unspecified atom stereocenters. The van der Waals surface area contributed by atoms with Gasteiger partial charge in [0.1, 0.15) is 23.5 Å². The van der Waals surface area contributed by atoms with E-state index in [4.69, 9.17) is 9.47 Å². The summed E-state index contributed by atoms with van der Waals surface area (Å²) in [5.74, 6) is -0.347. The quantitative estimate of drug-likeness (QED) is 0.583. The van der Waals surface area contributed by atoms with Gasteiger partial charge in [-0.15, -0.1) is 0 Å². The molecule has 1 N–H and O–H groups in total. The molecule has 5 atom stereocenters. The second kappa shape index (κ2) is 11.4. The van der Waals surface area contributed by atoms with Crippen LogP contribution in [0.25, 0.3) is 0 Å². The number of benzene rings is 1. The van der Waals surface area contributed by atoms with Crippen molar-refractivity contribution in [3.05, 3.63) is 35.1 Å². The van der Waals surface area contributed by atoms with Crippen molar-refractivity contribution in [2.45, 2.75) is 101 Å². The highest BCUT2D eigenvalue weighted by molar-refractivity contribution is 5.87. The topological polar surface area (TPSA) is 94.9 Å². The third-order valence-corrected chi connectivity index (χ3v) is 8.85. The van der Waals surface area contributed by atoms with Crippen LogP contribution in [0.1, 0.15) is 76.3 Å². The van der Waals surface area contributed by atoms with Crippen LogP contribution in [0.2, 0.25) is 0 Å². The van der Waals surface area contributed by atoms with E-state index in [1.165, 1.54) is 0 Å². The monoisotopic (exact) mass is 540 g/mol. The number of carbonyl (C=O) groups is 2. The summed E-state index contributed by atoms with van der Waals surface area (Å²) >= 11 is 0. The number of halogens is 1. The lowest BCUT2D eigenvalue weighted by Crippen LogP contribution is -2.55. The van der Waals surface area contributed by atoms with E-state index in [0.29, 0.717) is 17.5 Å². The summed E-state index contributed by atoms with van der Waals surface area (Å²) in [6.45, 7) is 9.04. The third-order valence-electron chi connectivity index (χ3n) is 8.85. The molecule has 0 spiro atoms. The predicted octanol–water partition coefficient (Wildman–Crippen LogP) is 4.13. The van der Waals surface area contributed by atoms with Crippen LogP contribution in [0.4, 0.5) is 9.18 Å². The lowest BCUT2D eigenvalue weighted by atomic mass is 9.87. The number of amides is 2. The number of fused-ring (bicyclic) bond motifs is 2. The third kappa shape index (κ3) is 6.22. The highest BCUT2D eigenvalue weighted by Gasteiger charge is 2.52. The summed E-state index contributed by atoms with van der Waals surface area (Å²) in [4.78, 5) is 30.3. The number of nitrogens with one attached hydrogen (secondary N) is 1. The van der Waals surface area contributed by atoms with Gasteiger partial charge in [-0.25, -0.2) is 9.18 Å². The van der Waals surface area contributed by atoms with Crippen LogP contribution in [0, 0.1) is 23.1 Å². The molecular formula is C30H41FN4O4. The number of hydrogen-bond donors (Lipinski definition) is 1. The molecule has 3 heterocycles. The molecule has 0 aromatic heterocycles. The van der Waals surface area contributed by atoms with Crippen LogP contribution in [0.15, 0.2) is 18.2 Å². The Morgan fingerprint density at radius 1 is 1.18 bits per heavy atom. The first-order valence-electron chi connectivity index (χ1n) is 14.4. The summed E-state index contributed by atoms with van der Waals surface area (Å²) in [5, 5.41) is 12.6. The van der Waals surface area contributed by atoms with Gasteiger partial charge in [-0.3, -0.25) is 14.6 Å². The van der Waals surface area contributed by atoms with E-state index in [0.717, 1.165) is 70.4 Å². The normalized spacial score (nSPS) is 28.3. The first kappa shape index (κ1) is 27.9. The average Bonchev–Trinajstić information content (AvgIpc) is 3.66. The zero-order valence-corrected chi connectivity index (χ0v) is 23.3. The molecule has 8 nitrogen and oxygen atoms in total. The van der Waals surface area contributed by atoms with Crippen LogP contribution >= 0.6 is 0 Å². The number of rotatable bonds is 6. The Balaban J connectivity index is 1.19. The van der Waals surface area contributed by atoms with Crippen molar-refractivity contribution in [3.63, 3.8) is 0 Å². The maximum atomic E-state index is 15.2. The van der Waals surface area contributed by atoms with Crippen molar-refractivity contribution >= 4 is 12.0 Å². The second-order valence-electron chi connectivity index (χ2n) is 12.6. The highest BCUT2D eigenvalue weighted by Crippen LogP contribution is 2.43. The van der Waals surface area contributed by atoms with Gasteiger partial charge in [0.25, 0.3) is 0 Å². The Morgan fingerprint density at radius 2 is 1.95 bits per heavy atom.